The van der Waals surface area contributed by atoms with Crippen molar-refractivity contribution in [3.8, 4) is 0 Å². The summed E-state index contributed by atoms with van der Waals surface area (Å²) in [6, 6.07) is 0.575. The highest BCUT2D eigenvalue weighted by atomic mass is 16.6. The lowest BCUT2D eigenvalue weighted by molar-refractivity contribution is -0.155. The lowest BCUT2D eigenvalue weighted by Crippen LogP contribution is -2.45. The monoisotopic (exact) mass is 325 g/mol. The fourth-order valence-corrected chi connectivity index (χ4v) is 4.23. The van der Waals surface area contributed by atoms with Crippen LogP contribution in [0.2, 0.25) is 0 Å². The molecule has 4 atom stereocenters. The number of rotatable bonds is 5. The first-order valence-electron chi connectivity index (χ1n) is 8.61. The molecule has 3 aliphatic heterocycles. The van der Waals surface area contributed by atoms with Crippen LogP contribution in [0.3, 0.4) is 0 Å². The Morgan fingerprint density at radius 1 is 1.35 bits per heavy atom. The molecule has 0 aliphatic carbocycles. The van der Waals surface area contributed by atoms with Crippen LogP contribution in [0.1, 0.15) is 47.0 Å². The van der Waals surface area contributed by atoms with Crippen LogP contribution in [0, 0.1) is 5.41 Å². The molecule has 1 spiro atoms. The molecule has 0 aromatic heterocycles. The van der Waals surface area contributed by atoms with Crippen molar-refractivity contribution in [1.82, 2.24) is 4.90 Å². The minimum Gasteiger partial charge on any atom is -0.465 e. The summed E-state index contributed by atoms with van der Waals surface area (Å²) in [5.41, 5.74) is -0.477. The van der Waals surface area contributed by atoms with E-state index in [-0.39, 0.29) is 48.9 Å². The number of cyclic esters (lactones) is 1. The van der Waals surface area contributed by atoms with Crippen molar-refractivity contribution < 1.29 is 23.8 Å². The number of nitrogens with zero attached hydrogens (tertiary/aromatic N) is 1. The van der Waals surface area contributed by atoms with E-state index in [1.165, 1.54) is 0 Å². The largest absolute Gasteiger partial charge is 0.465 e. The van der Waals surface area contributed by atoms with Gasteiger partial charge in [-0.3, -0.25) is 14.5 Å². The summed E-state index contributed by atoms with van der Waals surface area (Å²) < 4.78 is 16.7. The van der Waals surface area contributed by atoms with Crippen molar-refractivity contribution in [1.29, 1.82) is 0 Å². The van der Waals surface area contributed by atoms with Gasteiger partial charge in [0.25, 0.3) is 0 Å². The van der Waals surface area contributed by atoms with E-state index in [0.29, 0.717) is 19.4 Å². The van der Waals surface area contributed by atoms with Crippen molar-refractivity contribution in [2.45, 2.75) is 77.4 Å². The Morgan fingerprint density at radius 3 is 2.52 bits per heavy atom. The highest BCUT2D eigenvalue weighted by Crippen LogP contribution is 2.53. The summed E-state index contributed by atoms with van der Waals surface area (Å²) in [5.74, 6) is -0.350. The number of carbonyl (C=O) groups excluding carboxylic acids is 2. The molecule has 4 unspecified atom stereocenters. The zero-order valence-corrected chi connectivity index (χ0v) is 14.4. The molecule has 2 bridgehead atoms. The van der Waals surface area contributed by atoms with Gasteiger partial charge in [0.05, 0.1) is 25.4 Å². The molecule has 3 heterocycles. The van der Waals surface area contributed by atoms with Crippen LogP contribution < -0.4 is 0 Å². The molecule has 3 fully saturated rings. The van der Waals surface area contributed by atoms with E-state index in [1.54, 1.807) is 0 Å². The van der Waals surface area contributed by atoms with E-state index >= 15 is 0 Å². The average molecular weight is 325 g/mol. The molecule has 3 rings (SSSR count). The molecule has 6 heteroatoms. The highest BCUT2D eigenvalue weighted by Gasteiger charge is 2.63. The van der Waals surface area contributed by atoms with Gasteiger partial charge in [0.1, 0.15) is 11.5 Å². The fraction of sp³-hybridized carbons (Fsp3) is 0.882. The summed E-state index contributed by atoms with van der Waals surface area (Å²) in [6.45, 7) is 9.06. The summed E-state index contributed by atoms with van der Waals surface area (Å²) >= 11 is 0. The van der Waals surface area contributed by atoms with E-state index in [0.717, 1.165) is 6.42 Å². The molecule has 0 saturated carbocycles. The van der Waals surface area contributed by atoms with Crippen LogP contribution in [0.4, 0.5) is 0 Å². The number of fused-ring (bicyclic) bond motifs is 3. The number of esters is 2. The molecular weight excluding hydrogens is 298 g/mol. The zero-order chi connectivity index (χ0) is 16.8. The van der Waals surface area contributed by atoms with Gasteiger partial charge in [-0.1, -0.05) is 0 Å². The van der Waals surface area contributed by atoms with Gasteiger partial charge in [0.2, 0.25) is 0 Å². The Balaban J connectivity index is 1.55. The maximum absolute atomic E-state index is 12.3. The Bertz CT molecular complexity index is 483. The third kappa shape index (κ3) is 2.87. The standard InChI is InChI=1S/C17H27NO5/c1-10(2)18(11(3)4)9-15(19)23-12-7-14-17(8-13(12)22-14)5-6-21-16(17)20/h10-14H,5-9H2,1-4H3. The molecule has 0 aromatic rings. The Kier molecular flexibility index (Phi) is 4.40. The molecule has 6 nitrogen and oxygen atoms in total. The van der Waals surface area contributed by atoms with Gasteiger partial charge in [-0.05, 0) is 34.1 Å². The van der Waals surface area contributed by atoms with Gasteiger partial charge in [-0.25, -0.2) is 0 Å². The minimum atomic E-state index is -0.477. The zero-order valence-electron chi connectivity index (χ0n) is 14.4. The summed E-state index contributed by atoms with van der Waals surface area (Å²) in [6.07, 6.45) is 1.39. The van der Waals surface area contributed by atoms with Gasteiger partial charge < -0.3 is 14.2 Å². The molecule has 3 aliphatic rings. The first-order chi connectivity index (χ1) is 10.8. The van der Waals surface area contributed by atoms with Crippen molar-refractivity contribution >= 4 is 11.9 Å². The lowest BCUT2D eigenvalue weighted by atomic mass is 9.72. The molecule has 3 saturated heterocycles. The van der Waals surface area contributed by atoms with Crippen LogP contribution >= 0.6 is 0 Å². The van der Waals surface area contributed by atoms with Crippen LogP contribution in [-0.2, 0) is 23.8 Å². The van der Waals surface area contributed by atoms with Gasteiger partial charge in [0.15, 0.2) is 0 Å². The number of hydrogen-bond acceptors (Lipinski definition) is 6. The van der Waals surface area contributed by atoms with E-state index in [9.17, 15) is 9.59 Å². The predicted octanol–water partition coefficient (Wildman–Crippen LogP) is 1.51. The highest BCUT2D eigenvalue weighted by molar-refractivity contribution is 5.80. The third-order valence-corrected chi connectivity index (χ3v) is 5.49. The van der Waals surface area contributed by atoms with Crippen LogP contribution in [0.5, 0.6) is 0 Å². The Morgan fingerprint density at radius 2 is 2.04 bits per heavy atom. The van der Waals surface area contributed by atoms with E-state index in [1.807, 2.05) is 0 Å². The normalized spacial score (nSPS) is 35.8. The molecule has 0 aromatic carbocycles. The first-order valence-corrected chi connectivity index (χ1v) is 8.61. The van der Waals surface area contributed by atoms with E-state index < -0.39 is 5.41 Å². The number of hydrogen-bond donors (Lipinski definition) is 0. The van der Waals surface area contributed by atoms with Crippen molar-refractivity contribution in [3.63, 3.8) is 0 Å². The van der Waals surface area contributed by atoms with E-state index in [2.05, 4.69) is 32.6 Å². The van der Waals surface area contributed by atoms with Crippen LogP contribution in [-0.4, -0.2) is 60.4 Å². The molecular formula is C17H27NO5. The molecule has 0 radical (unpaired) electrons. The second-order valence-electron chi connectivity index (χ2n) is 7.53. The van der Waals surface area contributed by atoms with Gasteiger partial charge in [0, 0.05) is 24.9 Å². The smallest absolute Gasteiger partial charge is 0.320 e. The maximum Gasteiger partial charge on any atom is 0.320 e. The van der Waals surface area contributed by atoms with Gasteiger partial charge >= 0.3 is 11.9 Å². The summed E-state index contributed by atoms with van der Waals surface area (Å²) in [7, 11) is 0. The molecule has 23 heavy (non-hydrogen) atoms. The van der Waals surface area contributed by atoms with Crippen LogP contribution in [0.15, 0.2) is 0 Å². The van der Waals surface area contributed by atoms with Crippen molar-refractivity contribution in [2.75, 3.05) is 13.2 Å². The number of carbonyl (C=O) groups is 2. The second-order valence-corrected chi connectivity index (χ2v) is 7.53. The summed E-state index contributed by atoms with van der Waals surface area (Å²) in [5, 5.41) is 0. The quantitative estimate of drug-likeness (QED) is 0.714. The predicted molar refractivity (Wildman–Crippen MR) is 82.8 cm³/mol. The third-order valence-electron chi connectivity index (χ3n) is 5.49. The lowest BCUT2D eigenvalue weighted by Gasteiger charge is -2.32. The molecule has 0 N–H and O–H groups in total. The first kappa shape index (κ1) is 16.7. The minimum absolute atomic E-state index is 0.138. The SMILES string of the molecule is CC(C)N(CC(=O)OC1CC2OC1CC21CCOC1=O)C(C)C. The van der Waals surface area contributed by atoms with Crippen molar-refractivity contribution in [2.24, 2.45) is 5.41 Å². The average Bonchev–Trinajstić information content (AvgIpc) is 3.12. The maximum atomic E-state index is 12.3. The topological polar surface area (TPSA) is 65.1 Å². The Hall–Kier alpha value is -1.14. The second kappa shape index (κ2) is 6.06. The summed E-state index contributed by atoms with van der Waals surface area (Å²) in [4.78, 5) is 26.4. The molecule has 130 valence electrons. The Labute approximate surface area is 137 Å². The van der Waals surface area contributed by atoms with E-state index in [4.69, 9.17) is 14.2 Å². The molecule has 0 amide bonds. The van der Waals surface area contributed by atoms with Gasteiger partial charge in [-0.15, -0.1) is 0 Å². The number of ether oxygens (including phenoxy) is 3. The van der Waals surface area contributed by atoms with Crippen molar-refractivity contribution in [3.05, 3.63) is 0 Å². The van der Waals surface area contributed by atoms with Crippen LogP contribution in [0.25, 0.3) is 0 Å². The fourth-order valence-electron chi connectivity index (χ4n) is 4.23. The van der Waals surface area contributed by atoms with Gasteiger partial charge in [-0.2, -0.15) is 0 Å².